The van der Waals surface area contributed by atoms with Gasteiger partial charge in [0.05, 0.1) is 22.0 Å². The molecule has 3 heterocycles. The van der Waals surface area contributed by atoms with Crippen molar-refractivity contribution in [1.82, 2.24) is 14.5 Å². The number of ether oxygens (including phenoxy) is 1. The van der Waals surface area contributed by atoms with Crippen molar-refractivity contribution in [3.05, 3.63) is 41.6 Å². The van der Waals surface area contributed by atoms with Crippen molar-refractivity contribution in [2.75, 3.05) is 18.2 Å². The first-order chi connectivity index (χ1) is 16.2. The van der Waals surface area contributed by atoms with Gasteiger partial charge in [0.1, 0.15) is 29.2 Å². The fraction of sp³-hybridized carbons (Fsp3) is 0.458. The first-order valence-corrected chi connectivity index (χ1v) is 13.4. The predicted molar refractivity (Wildman–Crippen MR) is 125 cm³/mol. The largest absolute Gasteiger partial charge is 0.358 e. The summed E-state index contributed by atoms with van der Waals surface area (Å²) >= 11 is 0. The second-order valence-corrected chi connectivity index (χ2v) is 11.1. The van der Waals surface area contributed by atoms with Crippen LogP contribution in [0.3, 0.4) is 0 Å². The molecule has 1 aromatic carbocycles. The van der Waals surface area contributed by atoms with Gasteiger partial charge in [-0.25, -0.2) is 22.8 Å². The van der Waals surface area contributed by atoms with Gasteiger partial charge in [-0.2, -0.15) is 0 Å². The highest BCUT2D eigenvalue weighted by Gasteiger charge is 2.30. The van der Waals surface area contributed by atoms with Gasteiger partial charge in [-0.15, -0.1) is 0 Å². The van der Waals surface area contributed by atoms with E-state index in [1.165, 1.54) is 12.1 Å². The van der Waals surface area contributed by atoms with Crippen molar-refractivity contribution in [2.45, 2.75) is 56.6 Å². The number of halogens is 1. The highest BCUT2D eigenvalue weighted by atomic mass is 32.2. The van der Waals surface area contributed by atoms with Crippen LogP contribution in [-0.4, -0.2) is 41.6 Å². The topological polar surface area (TPSA) is 103 Å². The van der Waals surface area contributed by atoms with E-state index in [0.29, 0.717) is 35.0 Å². The van der Waals surface area contributed by atoms with Gasteiger partial charge in [0, 0.05) is 25.2 Å². The number of benzene rings is 1. The van der Waals surface area contributed by atoms with E-state index in [9.17, 15) is 17.6 Å². The van der Waals surface area contributed by atoms with Crippen LogP contribution in [0.4, 0.5) is 15.8 Å². The lowest BCUT2D eigenvalue weighted by atomic mass is 10.1. The summed E-state index contributed by atoms with van der Waals surface area (Å²) in [5.41, 5.74) is 2.44. The number of pyridine rings is 1. The molecule has 0 amide bonds. The molecule has 1 aliphatic heterocycles. The van der Waals surface area contributed by atoms with E-state index < -0.39 is 15.7 Å². The van der Waals surface area contributed by atoms with Crippen LogP contribution in [0.1, 0.15) is 49.9 Å². The van der Waals surface area contributed by atoms with E-state index in [4.69, 9.17) is 14.7 Å². The summed E-state index contributed by atoms with van der Waals surface area (Å²) < 4.78 is 46.4. The molecular weight excluding hydrogens is 459 g/mol. The van der Waals surface area contributed by atoms with Crippen LogP contribution >= 0.6 is 0 Å². The third kappa shape index (κ3) is 4.56. The number of Topliss-reactive ketones (excluding diaryl/α,β-unsaturated/α-hetero) is 1. The fourth-order valence-corrected chi connectivity index (χ4v) is 5.31. The maximum absolute atomic E-state index is 13.9. The van der Waals surface area contributed by atoms with E-state index in [0.717, 1.165) is 44.4 Å². The van der Waals surface area contributed by atoms with Crippen LogP contribution in [-0.2, 0) is 25.8 Å². The average Bonchev–Trinajstić information content (AvgIpc) is 3.58. The van der Waals surface area contributed by atoms with Crippen LogP contribution in [0, 0.1) is 18.7 Å². The second-order valence-electron chi connectivity index (χ2n) is 9.14. The lowest BCUT2D eigenvalue weighted by Crippen LogP contribution is -2.19. The number of fused-ring (bicyclic) bond motifs is 1. The maximum atomic E-state index is 13.9. The number of carbonyl (C=O) groups excluding carboxylic acids is 1. The van der Waals surface area contributed by atoms with Gasteiger partial charge in [-0.1, -0.05) is 0 Å². The van der Waals surface area contributed by atoms with Crippen molar-refractivity contribution >= 4 is 38.2 Å². The zero-order valence-corrected chi connectivity index (χ0v) is 20.0. The van der Waals surface area contributed by atoms with E-state index in [-0.39, 0.29) is 34.9 Å². The van der Waals surface area contributed by atoms with E-state index in [1.54, 1.807) is 6.07 Å². The molecule has 1 N–H and O–H groups in total. The second kappa shape index (κ2) is 8.74. The lowest BCUT2D eigenvalue weighted by Gasteiger charge is -2.25. The van der Waals surface area contributed by atoms with Crippen LogP contribution < -0.4 is 5.32 Å². The fourth-order valence-electron chi connectivity index (χ4n) is 4.46. The Bertz CT molecular complexity index is 1380. The lowest BCUT2D eigenvalue weighted by molar-refractivity contribution is -0.119. The molecular formula is C24H27FN4O4S. The minimum atomic E-state index is -3.70. The quantitative estimate of drug-likeness (QED) is 0.533. The molecule has 10 heteroatoms. The van der Waals surface area contributed by atoms with Crippen LogP contribution in [0.2, 0.25) is 0 Å². The number of anilines is 2. The third-order valence-corrected chi connectivity index (χ3v) is 7.46. The van der Waals surface area contributed by atoms with Crippen LogP contribution in [0.5, 0.6) is 0 Å². The molecule has 1 saturated carbocycles. The van der Waals surface area contributed by atoms with Gasteiger partial charge in [-0.3, -0.25) is 9.36 Å². The molecule has 180 valence electrons. The van der Waals surface area contributed by atoms with E-state index in [2.05, 4.69) is 5.32 Å². The summed E-state index contributed by atoms with van der Waals surface area (Å²) in [6, 6.07) is 5.32. The Balaban J connectivity index is 1.64. The van der Waals surface area contributed by atoms with Crippen molar-refractivity contribution in [2.24, 2.45) is 5.92 Å². The number of imidazole rings is 1. The summed E-state index contributed by atoms with van der Waals surface area (Å²) in [6.07, 6.45) is 5.70. The Morgan fingerprint density at radius 1 is 1.18 bits per heavy atom. The van der Waals surface area contributed by atoms with E-state index >= 15 is 0 Å². The number of aryl methyl sites for hydroxylation is 1. The smallest absolute Gasteiger partial charge is 0.177 e. The number of aromatic nitrogens is 3. The number of carbonyl (C=O) groups is 1. The van der Waals surface area contributed by atoms with Gasteiger partial charge in [0.25, 0.3) is 0 Å². The van der Waals surface area contributed by atoms with Gasteiger partial charge < -0.3 is 10.1 Å². The molecule has 1 unspecified atom stereocenters. The number of rotatable bonds is 7. The van der Waals surface area contributed by atoms with Crippen molar-refractivity contribution < 1.29 is 22.3 Å². The molecule has 34 heavy (non-hydrogen) atoms. The zero-order valence-electron chi connectivity index (χ0n) is 19.2. The molecule has 1 atom stereocenters. The molecule has 2 aliphatic rings. The first kappa shape index (κ1) is 22.9. The number of sulfone groups is 1. The highest BCUT2D eigenvalue weighted by Crippen LogP contribution is 2.35. The summed E-state index contributed by atoms with van der Waals surface area (Å²) in [5, 5.41) is 3.14. The Kier molecular flexibility index (Phi) is 5.89. The van der Waals surface area contributed by atoms with Crippen molar-refractivity contribution in [1.29, 1.82) is 0 Å². The molecule has 0 spiro atoms. The van der Waals surface area contributed by atoms with E-state index in [1.807, 2.05) is 11.5 Å². The summed E-state index contributed by atoms with van der Waals surface area (Å²) in [4.78, 5) is 21.9. The molecule has 3 aromatic rings. The normalized spacial score (nSPS) is 18.9. The molecule has 8 nitrogen and oxygen atoms in total. The first-order valence-electron chi connectivity index (χ1n) is 11.5. The number of nitrogens with zero attached hydrogens (tertiary/aromatic N) is 3. The Labute approximate surface area is 197 Å². The van der Waals surface area contributed by atoms with Gasteiger partial charge in [0.15, 0.2) is 15.5 Å². The monoisotopic (exact) mass is 486 g/mol. The molecule has 1 aliphatic carbocycles. The Morgan fingerprint density at radius 3 is 2.65 bits per heavy atom. The Morgan fingerprint density at radius 2 is 1.97 bits per heavy atom. The van der Waals surface area contributed by atoms with Gasteiger partial charge >= 0.3 is 0 Å². The standard InChI is InChI=1S/C24H27FN4O4S/c1-14-26-23-19(28-18-9-8-16(25)11-21(18)34(2,31)32)12-17(13-20(30)15-6-7-15)27-24(23)29(14)22-5-3-4-10-33-22/h8-9,11-12,15,22H,3-7,10,13H2,1-2H3,(H,27,28). The maximum Gasteiger partial charge on any atom is 0.177 e. The summed E-state index contributed by atoms with van der Waals surface area (Å²) in [6.45, 7) is 2.53. The highest BCUT2D eigenvalue weighted by molar-refractivity contribution is 7.90. The van der Waals surface area contributed by atoms with Gasteiger partial charge in [0.2, 0.25) is 0 Å². The average molecular weight is 487 g/mol. The molecule has 0 radical (unpaired) electrons. The molecule has 1 saturated heterocycles. The molecule has 0 bridgehead atoms. The predicted octanol–water partition coefficient (Wildman–Crippen LogP) is 4.25. The minimum Gasteiger partial charge on any atom is -0.358 e. The summed E-state index contributed by atoms with van der Waals surface area (Å²) in [7, 11) is -3.70. The van der Waals surface area contributed by atoms with Crippen LogP contribution in [0.25, 0.3) is 11.2 Å². The number of nitrogens with one attached hydrogen (secondary N) is 1. The number of hydrogen-bond acceptors (Lipinski definition) is 7. The molecule has 5 rings (SSSR count). The summed E-state index contributed by atoms with van der Waals surface area (Å²) in [5.74, 6) is 0.311. The zero-order chi connectivity index (χ0) is 24.0. The Hall–Kier alpha value is -2.85. The number of ketones is 1. The third-order valence-electron chi connectivity index (χ3n) is 6.32. The van der Waals surface area contributed by atoms with Crippen molar-refractivity contribution in [3.63, 3.8) is 0 Å². The molecule has 2 fully saturated rings. The van der Waals surface area contributed by atoms with Gasteiger partial charge in [-0.05, 0) is 63.3 Å². The minimum absolute atomic E-state index is 0.0937. The molecule has 2 aromatic heterocycles. The van der Waals surface area contributed by atoms with Crippen molar-refractivity contribution in [3.8, 4) is 0 Å². The van der Waals surface area contributed by atoms with Crippen LogP contribution in [0.15, 0.2) is 29.2 Å². The SMILES string of the molecule is Cc1nc2c(Nc3ccc(F)cc3S(C)(=O)=O)cc(CC(=O)C3CC3)nc2n1C1CCCCO1. The number of hydrogen-bond donors (Lipinski definition) is 1.